The highest BCUT2D eigenvalue weighted by Crippen LogP contribution is 2.29. The van der Waals surface area contributed by atoms with Gasteiger partial charge in [-0.2, -0.15) is 0 Å². The van der Waals surface area contributed by atoms with Crippen LogP contribution in [0.1, 0.15) is 18.4 Å². The van der Waals surface area contributed by atoms with Crippen LogP contribution in [0.15, 0.2) is 30.3 Å². The van der Waals surface area contributed by atoms with Crippen LogP contribution < -0.4 is 0 Å². The topological polar surface area (TPSA) is 42.0 Å². The van der Waals surface area contributed by atoms with Crippen molar-refractivity contribution in [3.63, 3.8) is 0 Å². The van der Waals surface area contributed by atoms with Crippen molar-refractivity contribution in [3.8, 4) is 0 Å². The average molecular weight is 316 g/mol. The van der Waals surface area contributed by atoms with Crippen molar-refractivity contribution in [2.75, 3.05) is 32.9 Å². The van der Waals surface area contributed by atoms with Gasteiger partial charge < -0.3 is 14.4 Å². The van der Waals surface area contributed by atoms with Crippen molar-refractivity contribution in [1.29, 1.82) is 0 Å². The molecule has 1 aromatic carbocycles. The van der Waals surface area contributed by atoms with E-state index < -0.39 is 0 Å². The van der Waals surface area contributed by atoms with Gasteiger partial charge in [0, 0.05) is 38.9 Å². The van der Waals surface area contributed by atoms with Crippen molar-refractivity contribution in [2.45, 2.75) is 37.6 Å². The SMILES string of the molecule is O=C1CO[C@H]2CN(Cc3ccccc3)C[C@@H]2N1C1CCOCC1. The molecule has 2 atom stereocenters. The zero-order chi connectivity index (χ0) is 15.6. The first-order chi connectivity index (χ1) is 11.3. The summed E-state index contributed by atoms with van der Waals surface area (Å²) < 4.78 is 11.3. The molecule has 0 bridgehead atoms. The summed E-state index contributed by atoms with van der Waals surface area (Å²) in [4.78, 5) is 17.0. The van der Waals surface area contributed by atoms with Crippen LogP contribution in [0.3, 0.4) is 0 Å². The minimum absolute atomic E-state index is 0.152. The van der Waals surface area contributed by atoms with E-state index in [1.54, 1.807) is 0 Å². The molecule has 4 rings (SSSR count). The summed E-state index contributed by atoms with van der Waals surface area (Å²) in [6.07, 6.45) is 2.06. The van der Waals surface area contributed by atoms with E-state index in [0.717, 1.165) is 45.7 Å². The Labute approximate surface area is 137 Å². The fraction of sp³-hybridized carbons (Fsp3) is 0.611. The number of rotatable bonds is 3. The van der Waals surface area contributed by atoms with Gasteiger partial charge in [-0.15, -0.1) is 0 Å². The number of fused-ring (bicyclic) bond motifs is 1. The van der Waals surface area contributed by atoms with Gasteiger partial charge in [0.15, 0.2) is 0 Å². The second kappa shape index (κ2) is 6.59. The number of benzene rings is 1. The molecule has 1 aromatic rings. The second-order valence-electron chi connectivity index (χ2n) is 6.74. The maximum atomic E-state index is 12.4. The molecule has 3 fully saturated rings. The van der Waals surface area contributed by atoms with E-state index in [0.29, 0.717) is 6.04 Å². The number of likely N-dealkylation sites (tertiary alicyclic amines) is 1. The normalized spacial score (nSPS) is 29.7. The van der Waals surface area contributed by atoms with Crippen LogP contribution in [0.4, 0.5) is 0 Å². The van der Waals surface area contributed by atoms with Crippen molar-refractivity contribution in [3.05, 3.63) is 35.9 Å². The Morgan fingerprint density at radius 2 is 1.87 bits per heavy atom. The predicted octanol–water partition coefficient (Wildman–Crippen LogP) is 1.28. The van der Waals surface area contributed by atoms with Gasteiger partial charge in [0.1, 0.15) is 6.61 Å². The quantitative estimate of drug-likeness (QED) is 0.842. The lowest BCUT2D eigenvalue weighted by Gasteiger charge is -2.43. The summed E-state index contributed by atoms with van der Waals surface area (Å²) in [7, 11) is 0. The fourth-order valence-corrected chi connectivity index (χ4v) is 4.11. The first-order valence-corrected chi connectivity index (χ1v) is 8.58. The number of hydrogen-bond acceptors (Lipinski definition) is 4. The van der Waals surface area contributed by atoms with Crippen LogP contribution in [-0.2, 0) is 20.8 Å². The van der Waals surface area contributed by atoms with Crippen molar-refractivity contribution in [1.82, 2.24) is 9.80 Å². The molecule has 0 radical (unpaired) electrons. The summed E-state index contributed by atoms with van der Waals surface area (Å²) in [5, 5.41) is 0. The van der Waals surface area contributed by atoms with Gasteiger partial charge in [-0.25, -0.2) is 0 Å². The minimum Gasteiger partial charge on any atom is -0.381 e. The van der Waals surface area contributed by atoms with Crippen LogP contribution in [0.5, 0.6) is 0 Å². The third-order valence-electron chi connectivity index (χ3n) is 5.21. The van der Waals surface area contributed by atoms with Gasteiger partial charge in [-0.3, -0.25) is 9.69 Å². The Balaban J connectivity index is 1.46. The second-order valence-corrected chi connectivity index (χ2v) is 6.74. The lowest BCUT2D eigenvalue weighted by molar-refractivity contribution is -0.159. The molecule has 124 valence electrons. The summed E-state index contributed by atoms with van der Waals surface area (Å²) in [5.74, 6) is 0.153. The van der Waals surface area contributed by atoms with E-state index in [1.165, 1.54) is 5.56 Å². The zero-order valence-corrected chi connectivity index (χ0v) is 13.4. The van der Waals surface area contributed by atoms with Gasteiger partial charge >= 0.3 is 0 Å². The molecule has 23 heavy (non-hydrogen) atoms. The lowest BCUT2D eigenvalue weighted by Crippen LogP contribution is -2.58. The fourth-order valence-electron chi connectivity index (χ4n) is 4.11. The molecule has 0 aromatic heterocycles. The third-order valence-corrected chi connectivity index (χ3v) is 5.21. The minimum atomic E-state index is 0.152. The number of amides is 1. The highest BCUT2D eigenvalue weighted by atomic mass is 16.5. The van der Waals surface area contributed by atoms with Gasteiger partial charge in [-0.05, 0) is 18.4 Å². The smallest absolute Gasteiger partial charge is 0.249 e. The summed E-state index contributed by atoms with van der Waals surface area (Å²) in [6, 6.07) is 11.0. The van der Waals surface area contributed by atoms with E-state index >= 15 is 0 Å². The molecule has 0 spiro atoms. The largest absolute Gasteiger partial charge is 0.381 e. The first kappa shape index (κ1) is 15.1. The van der Waals surface area contributed by atoms with Crippen molar-refractivity contribution >= 4 is 5.91 Å². The number of hydrogen-bond donors (Lipinski definition) is 0. The third kappa shape index (κ3) is 3.13. The summed E-state index contributed by atoms with van der Waals surface area (Å²) >= 11 is 0. The number of ether oxygens (including phenoxy) is 2. The standard InChI is InChI=1S/C18H24N2O3/c21-18-13-23-17-12-19(10-14-4-2-1-3-5-14)11-16(17)20(18)15-6-8-22-9-7-15/h1-5,15-17H,6-13H2/t16-,17-/m0/s1. The molecule has 0 N–H and O–H groups in total. The van der Waals surface area contributed by atoms with Crippen molar-refractivity contribution < 1.29 is 14.3 Å². The molecule has 5 heteroatoms. The first-order valence-electron chi connectivity index (χ1n) is 8.58. The zero-order valence-electron chi connectivity index (χ0n) is 13.4. The molecule has 3 saturated heterocycles. The lowest BCUT2D eigenvalue weighted by atomic mass is 10.0. The van der Waals surface area contributed by atoms with E-state index in [4.69, 9.17) is 9.47 Å². The molecule has 0 unspecified atom stereocenters. The van der Waals surface area contributed by atoms with Crippen LogP contribution in [-0.4, -0.2) is 66.8 Å². The van der Waals surface area contributed by atoms with Crippen LogP contribution in [0.25, 0.3) is 0 Å². The maximum Gasteiger partial charge on any atom is 0.249 e. The van der Waals surface area contributed by atoms with Gasteiger partial charge in [-0.1, -0.05) is 30.3 Å². The maximum absolute atomic E-state index is 12.4. The molecule has 3 heterocycles. The molecular weight excluding hydrogens is 292 g/mol. The van der Waals surface area contributed by atoms with E-state index in [-0.39, 0.29) is 24.7 Å². The van der Waals surface area contributed by atoms with E-state index in [2.05, 4.69) is 34.1 Å². The Morgan fingerprint density at radius 1 is 1.09 bits per heavy atom. The molecule has 0 saturated carbocycles. The van der Waals surface area contributed by atoms with Crippen LogP contribution >= 0.6 is 0 Å². The molecular formula is C18H24N2O3. The van der Waals surface area contributed by atoms with E-state index in [1.807, 2.05) is 6.07 Å². The Morgan fingerprint density at radius 3 is 2.65 bits per heavy atom. The highest BCUT2D eigenvalue weighted by molar-refractivity contribution is 5.79. The number of morpholine rings is 1. The van der Waals surface area contributed by atoms with Gasteiger partial charge in [0.25, 0.3) is 0 Å². The summed E-state index contributed by atoms with van der Waals surface area (Å²) in [6.45, 7) is 4.50. The van der Waals surface area contributed by atoms with E-state index in [9.17, 15) is 4.79 Å². The Hall–Kier alpha value is -1.43. The molecule has 3 aliphatic heterocycles. The van der Waals surface area contributed by atoms with Gasteiger partial charge in [0.05, 0.1) is 12.1 Å². The molecule has 0 aliphatic carbocycles. The monoisotopic (exact) mass is 316 g/mol. The molecule has 3 aliphatic rings. The van der Waals surface area contributed by atoms with Crippen LogP contribution in [0, 0.1) is 0 Å². The molecule has 1 amide bonds. The van der Waals surface area contributed by atoms with Crippen LogP contribution in [0.2, 0.25) is 0 Å². The summed E-state index contributed by atoms with van der Waals surface area (Å²) in [5.41, 5.74) is 1.31. The number of carbonyl (C=O) groups excluding carboxylic acids is 1. The van der Waals surface area contributed by atoms with Gasteiger partial charge in [0.2, 0.25) is 5.91 Å². The molecule has 5 nitrogen and oxygen atoms in total. The Kier molecular flexibility index (Phi) is 4.33. The average Bonchev–Trinajstić information content (AvgIpc) is 2.99. The Bertz CT molecular complexity index is 544. The predicted molar refractivity (Wildman–Crippen MR) is 85.9 cm³/mol. The number of carbonyl (C=O) groups is 1. The highest BCUT2D eigenvalue weighted by Gasteiger charge is 2.45. The number of nitrogens with zero attached hydrogens (tertiary/aromatic N) is 2. The van der Waals surface area contributed by atoms with Crippen molar-refractivity contribution in [2.24, 2.45) is 0 Å².